The van der Waals surface area contributed by atoms with Crippen molar-refractivity contribution in [1.29, 1.82) is 0 Å². The molecular weight excluding hydrogens is 382 g/mol. The van der Waals surface area contributed by atoms with Gasteiger partial charge in [-0.05, 0) is 42.3 Å². The van der Waals surface area contributed by atoms with Crippen LogP contribution >= 0.6 is 0 Å². The van der Waals surface area contributed by atoms with Crippen molar-refractivity contribution in [3.05, 3.63) is 59.7 Å². The second kappa shape index (κ2) is 10.1. The highest BCUT2D eigenvalue weighted by atomic mass is 32.2. The van der Waals surface area contributed by atoms with Gasteiger partial charge in [0.05, 0.1) is 13.4 Å². The summed E-state index contributed by atoms with van der Waals surface area (Å²) in [6, 6.07) is 13.6. The molecule has 0 N–H and O–H groups in total. The molecule has 0 aliphatic carbocycles. The quantitative estimate of drug-likeness (QED) is 0.445. The normalized spacial score (nSPS) is 11.1. The van der Waals surface area contributed by atoms with Crippen LogP contribution in [0.2, 0.25) is 0 Å². The summed E-state index contributed by atoms with van der Waals surface area (Å²) in [5.41, 5.74) is 1.39. The number of amides is 1. The Bertz CT molecular complexity index is 880. The molecule has 0 radical (unpaired) electrons. The summed E-state index contributed by atoms with van der Waals surface area (Å²) < 4.78 is 37.6. The molecule has 0 fully saturated rings. The Labute approximate surface area is 166 Å². The summed E-state index contributed by atoms with van der Waals surface area (Å²) in [5, 5.41) is 0. The molecule has 1 amide bonds. The van der Waals surface area contributed by atoms with Crippen LogP contribution in [0.25, 0.3) is 0 Å². The lowest BCUT2D eigenvalue weighted by Gasteiger charge is -2.23. The molecule has 152 valence electrons. The molecule has 0 aromatic heterocycles. The maximum absolute atomic E-state index is 13.0. The molecule has 8 heteroatoms. The summed E-state index contributed by atoms with van der Waals surface area (Å²) >= 11 is 0. The number of rotatable bonds is 10. The molecule has 2 aromatic rings. The van der Waals surface area contributed by atoms with E-state index in [1.165, 1.54) is 0 Å². The summed E-state index contributed by atoms with van der Waals surface area (Å²) in [6.07, 6.45) is 1.69. The van der Waals surface area contributed by atoms with Crippen LogP contribution in [0.4, 0.5) is 0 Å². The first-order valence-corrected chi connectivity index (χ1v) is 10.5. The van der Waals surface area contributed by atoms with Gasteiger partial charge in [-0.1, -0.05) is 18.2 Å². The van der Waals surface area contributed by atoms with Gasteiger partial charge >= 0.3 is 10.1 Å². The van der Waals surface area contributed by atoms with Gasteiger partial charge < -0.3 is 18.6 Å². The van der Waals surface area contributed by atoms with Crippen LogP contribution in [0.3, 0.4) is 0 Å². The fourth-order valence-electron chi connectivity index (χ4n) is 2.64. The van der Waals surface area contributed by atoms with E-state index in [1.807, 2.05) is 0 Å². The number of benzene rings is 2. The Kier molecular flexibility index (Phi) is 7.83. The van der Waals surface area contributed by atoms with E-state index in [2.05, 4.69) is 0 Å². The third-order valence-corrected chi connectivity index (χ3v) is 4.42. The van der Waals surface area contributed by atoms with Crippen molar-refractivity contribution < 1.29 is 26.9 Å². The maximum Gasteiger partial charge on any atom is 0.306 e. The lowest BCUT2D eigenvalue weighted by atomic mass is 10.1. The number of methoxy groups -OCH3 is 2. The molecule has 0 atom stereocenters. The Morgan fingerprint density at radius 2 is 1.75 bits per heavy atom. The second-order valence-electron chi connectivity index (χ2n) is 6.24. The third-order valence-electron chi connectivity index (χ3n) is 3.92. The summed E-state index contributed by atoms with van der Waals surface area (Å²) in [7, 11) is -0.399. The zero-order valence-electron chi connectivity index (χ0n) is 16.3. The maximum atomic E-state index is 13.0. The summed E-state index contributed by atoms with van der Waals surface area (Å²) in [5.74, 6) is 0.729. The van der Waals surface area contributed by atoms with Crippen molar-refractivity contribution in [2.24, 2.45) is 0 Å². The molecule has 0 aliphatic heterocycles. The van der Waals surface area contributed by atoms with Crippen LogP contribution in [0.1, 0.15) is 22.3 Å². The zero-order valence-corrected chi connectivity index (χ0v) is 17.1. The second-order valence-corrected chi connectivity index (χ2v) is 7.81. The van der Waals surface area contributed by atoms with Gasteiger partial charge in [0.2, 0.25) is 0 Å². The third kappa shape index (κ3) is 6.86. The summed E-state index contributed by atoms with van der Waals surface area (Å²) in [4.78, 5) is 14.7. The first kappa shape index (κ1) is 21.7. The summed E-state index contributed by atoms with van der Waals surface area (Å²) in [6.45, 7) is 1.44. The minimum absolute atomic E-state index is 0.119. The van der Waals surface area contributed by atoms with Crippen molar-refractivity contribution in [3.8, 4) is 11.5 Å². The van der Waals surface area contributed by atoms with E-state index in [9.17, 15) is 13.2 Å². The van der Waals surface area contributed by atoms with Crippen molar-refractivity contribution >= 4 is 16.0 Å². The van der Waals surface area contributed by atoms with E-state index in [1.54, 1.807) is 67.7 Å². The van der Waals surface area contributed by atoms with Gasteiger partial charge in [-0.2, -0.15) is 8.42 Å². The fourth-order valence-corrected chi connectivity index (χ4v) is 3.10. The number of ether oxygens (including phenoxy) is 2. The van der Waals surface area contributed by atoms with Gasteiger partial charge in [-0.25, -0.2) is 0 Å². The SMILES string of the molecule is COCCCN(Cc1ccc(OS(C)(=O)=O)cc1)C(=O)c1cccc(OC)c1. The van der Waals surface area contributed by atoms with Crippen LogP contribution in [0.15, 0.2) is 48.5 Å². The minimum Gasteiger partial charge on any atom is -0.497 e. The van der Waals surface area contributed by atoms with Gasteiger partial charge in [-0.15, -0.1) is 0 Å². The minimum atomic E-state index is -3.57. The Morgan fingerprint density at radius 3 is 2.36 bits per heavy atom. The molecule has 7 nitrogen and oxygen atoms in total. The largest absolute Gasteiger partial charge is 0.497 e. The number of hydrogen-bond donors (Lipinski definition) is 0. The lowest BCUT2D eigenvalue weighted by Crippen LogP contribution is -2.32. The Morgan fingerprint density at radius 1 is 1.04 bits per heavy atom. The van der Waals surface area contributed by atoms with Gasteiger partial charge in [0.25, 0.3) is 5.91 Å². The van der Waals surface area contributed by atoms with Crippen LogP contribution in [-0.4, -0.2) is 52.9 Å². The molecule has 28 heavy (non-hydrogen) atoms. The van der Waals surface area contributed by atoms with Gasteiger partial charge in [0.15, 0.2) is 0 Å². The first-order chi connectivity index (χ1) is 13.3. The van der Waals surface area contributed by atoms with Crippen molar-refractivity contribution in [3.63, 3.8) is 0 Å². The van der Waals surface area contributed by atoms with Crippen LogP contribution in [0, 0.1) is 0 Å². The topological polar surface area (TPSA) is 82.1 Å². The van der Waals surface area contributed by atoms with E-state index in [0.29, 0.717) is 37.4 Å². The van der Waals surface area contributed by atoms with E-state index in [4.69, 9.17) is 13.7 Å². The first-order valence-electron chi connectivity index (χ1n) is 8.73. The molecule has 2 aromatic carbocycles. The predicted octanol–water partition coefficient (Wildman–Crippen LogP) is 2.71. The number of carbonyl (C=O) groups excluding carboxylic acids is 1. The monoisotopic (exact) mass is 407 g/mol. The number of nitrogens with zero attached hydrogens (tertiary/aromatic N) is 1. The van der Waals surface area contributed by atoms with E-state index in [0.717, 1.165) is 11.8 Å². The standard InChI is InChI=1S/C20H25NO6S/c1-25-13-5-12-21(20(22)17-6-4-7-19(14-17)26-2)15-16-8-10-18(11-9-16)27-28(3,23)24/h4,6-11,14H,5,12-13,15H2,1-3H3. The highest BCUT2D eigenvalue weighted by Crippen LogP contribution is 2.18. The van der Waals surface area contributed by atoms with Crippen LogP contribution in [-0.2, 0) is 21.4 Å². The van der Waals surface area contributed by atoms with Crippen LogP contribution in [0.5, 0.6) is 11.5 Å². The van der Waals surface area contributed by atoms with E-state index >= 15 is 0 Å². The average Bonchev–Trinajstić information content (AvgIpc) is 2.67. The van der Waals surface area contributed by atoms with Crippen molar-refractivity contribution in [2.75, 3.05) is 33.6 Å². The molecule has 0 aliphatic rings. The molecule has 0 bridgehead atoms. The van der Waals surface area contributed by atoms with E-state index in [-0.39, 0.29) is 11.7 Å². The highest BCUT2D eigenvalue weighted by Gasteiger charge is 2.17. The van der Waals surface area contributed by atoms with Gasteiger partial charge in [0.1, 0.15) is 11.5 Å². The predicted molar refractivity (Wildman–Crippen MR) is 106 cm³/mol. The fraction of sp³-hybridized carbons (Fsp3) is 0.350. The molecule has 0 spiro atoms. The van der Waals surface area contributed by atoms with Crippen molar-refractivity contribution in [2.45, 2.75) is 13.0 Å². The molecule has 0 unspecified atom stereocenters. The molecule has 2 rings (SSSR count). The molecule has 0 saturated heterocycles. The highest BCUT2D eigenvalue weighted by molar-refractivity contribution is 7.86. The van der Waals surface area contributed by atoms with Crippen LogP contribution < -0.4 is 8.92 Å². The lowest BCUT2D eigenvalue weighted by molar-refractivity contribution is 0.0723. The smallest absolute Gasteiger partial charge is 0.306 e. The zero-order chi connectivity index (χ0) is 20.6. The molecule has 0 heterocycles. The van der Waals surface area contributed by atoms with Gasteiger partial charge in [-0.3, -0.25) is 4.79 Å². The number of hydrogen-bond acceptors (Lipinski definition) is 6. The van der Waals surface area contributed by atoms with Gasteiger partial charge in [0, 0.05) is 32.4 Å². The van der Waals surface area contributed by atoms with E-state index < -0.39 is 10.1 Å². The Hall–Kier alpha value is -2.58. The van der Waals surface area contributed by atoms with Crippen molar-refractivity contribution in [1.82, 2.24) is 4.90 Å². The number of carbonyl (C=O) groups is 1. The Balaban J connectivity index is 2.16. The molecular formula is C20H25NO6S. The average molecular weight is 407 g/mol. The molecule has 0 saturated carbocycles.